The van der Waals surface area contributed by atoms with E-state index in [9.17, 15) is 9.59 Å². The normalized spacial score (nSPS) is 15.4. The van der Waals surface area contributed by atoms with E-state index in [1.165, 1.54) is 0 Å². The fourth-order valence-electron chi connectivity index (χ4n) is 2.79. The van der Waals surface area contributed by atoms with Crippen LogP contribution in [0.3, 0.4) is 0 Å². The maximum Gasteiger partial charge on any atom is 0.234 e. The number of hydrogen-bond donors (Lipinski definition) is 1. The molecule has 0 saturated carbocycles. The Morgan fingerprint density at radius 3 is 2.54 bits per heavy atom. The van der Waals surface area contributed by atoms with Crippen molar-refractivity contribution in [2.75, 3.05) is 39.8 Å². The second-order valence-corrected chi connectivity index (χ2v) is 6.41. The van der Waals surface area contributed by atoms with Crippen LogP contribution in [0, 0.1) is 0 Å². The van der Waals surface area contributed by atoms with Gasteiger partial charge in [0.15, 0.2) is 0 Å². The van der Waals surface area contributed by atoms with Crippen molar-refractivity contribution in [3.8, 4) is 5.75 Å². The van der Waals surface area contributed by atoms with E-state index in [0.29, 0.717) is 26.1 Å². The average Bonchev–Trinajstić information content (AvgIpc) is 2.54. The second kappa shape index (κ2) is 8.68. The number of nitrogens with one attached hydrogen (secondary N) is 1. The van der Waals surface area contributed by atoms with E-state index in [-0.39, 0.29) is 17.9 Å². The van der Waals surface area contributed by atoms with Crippen LogP contribution in [0.1, 0.15) is 19.4 Å². The third kappa shape index (κ3) is 5.53. The first-order valence-electron chi connectivity index (χ1n) is 8.40. The first-order valence-corrected chi connectivity index (χ1v) is 8.40. The highest BCUT2D eigenvalue weighted by molar-refractivity contribution is 5.79. The van der Waals surface area contributed by atoms with Crippen molar-refractivity contribution in [2.45, 2.75) is 26.3 Å². The van der Waals surface area contributed by atoms with Gasteiger partial charge in [-0.05, 0) is 31.5 Å². The molecule has 1 aromatic carbocycles. The first-order chi connectivity index (χ1) is 11.5. The van der Waals surface area contributed by atoms with Crippen molar-refractivity contribution in [3.05, 3.63) is 29.8 Å². The minimum Gasteiger partial charge on any atom is -0.497 e. The van der Waals surface area contributed by atoms with Crippen molar-refractivity contribution < 1.29 is 14.3 Å². The number of nitrogens with zero attached hydrogens (tertiary/aromatic N) is 2. The topological polar surface area (TPSA) is 61.9 Å². The summed E-state index contributed by atoms with van der Waals surface area (Å²) >= 11 is 0. The van der Waals surface area contributed by atoms with Gasteiger partial charge in [-0.15, -0.1) is 0 Å². The molecule has 0 radical (unpaired) electrons. The van der Waals surface area contributed by atoms with Crippen LogP contribution in [-0.2, 0) is 16.0 Å². The van der Waals surface area contributed by atoms with Crippen LogP contribution in [0.15, 0.2) is 24.3 Å². The van der Waals surface area contributed by atoms with Gasteiger partial charge in [-0.3, -0.25) is 14.5 Å². The highest BCUT2D eigenvalue weighted by Gasteiger charge is 2.22. The molecule has 2 rings (SSSR count). The number of carbonyl (C=O) groups excluding carboxylic acids is 2. The first kappa shape index (κ1) is 18.3. The predicted molar refractivity (Wildman–Crippen MR) is 93.0 cm³/mol. The lowest BCUT2D eigenvalue weighted by Crippen LogP contribution is -2.51. The summed E-state index contributed by atoms with van der Waals surface area (Å²) in [6.45, 7) is 7.09. The predicted octanol–water partition coefficient (Wildman–Crippen LogP) is 0.907. The summed E-state index contributed by atoms with van der Waals surface area (Å²) in [7, 11) is 1.62. The molecule has 132 valence electrons. The number of ether oxygens (including phenoxy) is 1. The SMILES string of the molecule is COc1cccc(CC(=O)N2CCN(CC(=O)NC(C)C)CC2)c1. The average molecular weight is 333 g/mol. The van der Waals surface area contributed by atoms with Gasteiger partial charge in [0.2, 0.25) is 11.8 Å². The van der Waals surface area contributed by atoms with E-state index in [0.717, 1.165) is 24.4 Å². The monoisotopic (exact) mass is 333 g/mol. The van der Waals surface area contributed by atoms with Crippen LogP contribution in [0.4, 0.5) is 0 Å². The number of rotatable bonds is 6. The Hall–Kier alpha value is -2.08. The van der Waals surface area contributed by atoms with Crippen LogP contribution in [0.2, 0.25) is 0 Å². The van der Waals surface area contributed by atoms with Gasteiger partial charge in [-0.25, -0.2) is 0 Å². The van der Waals surface area contributed by atoms with Gasteiger partial charge in [0.25, 0.3) is 0 Å². The van der Waals surface area contributed by atoms with Crippen LogP contribution >= 0.6 is 0 Å². The molecule has 1 N–H and O–H groups in total. The zero-order valence-electron chi connectivity index (χ0n) is 14.7. The largest absolute Gasteiger partial charge is 0.497 e. The third-order valence-electron chi connectivity index (χ3n) is 4.03. The summed E-state index contributed by atoms with van der Waals surface area (Å²) in [6.07, 6.45) is 0.380. The molecule has 0 bridgehead atoms. The summed E-state index contributed by atoms with van der Waals surface area (Å²) in [5.41, 5.74) is 0.957. The Labute approximate surface area is 143 Å². The lowest BCUT2D eigenvalue weighted by molar-refractivity contribution is -0.132. The highest BCUT2D eigenvalue weighted by Crippen LogP contribution is 2.14. The molecule has 24 heavy (non-hydrogen) atoms. The number of amides is 2. The van der Waals surface area contributed by atoms with E-state index in [4.69, 9.17) is 4.74 Å². The van der Waals surface area contributed by atoms with Gasteiger partial charge in [-0.2, -0.15) is 0 Å². The number of hydrogen-bond acceptors (Lipinski definition) is 4. The smallest absolute Gasteiger partial charge is 0.234 e. The van der Waals surface area contributed by atoms with Crippen LogP contribution < -0.4 is 10.1 Å². The Kier molecular flexibility index (Phi) is 6.61. The van der Waals surface area contributed by atoms with Gasteiger partial charge in [0.05, 0.1) is 20.1 Å². The molecular weight excluding hydrogens is 306 g/mol. The zero-order valence-corrected chi connectivity index (χ0v) is 14.7. The van der Waals surface area contributed by atoms with Crippen molar-refractivity contribution in [3.63, 3.8) is 0 Å². The third-order valence-corrected chi connectivity index (χ3v) is 4.03. The Morgan fingerprint density at radius 2 is 1.92 bits per heavy atom. The van der Waals surface area contributed by atoms with Crippen LogP contribution in [0.5, 0.6) is 5.75 Å². The summed E-state index contributed by atoms with van der Waals surface area (Å²) < 4.78 is 5.19. The lowest BCUT2D eigenvalue weighted by Gasteiger charge is -2.34. The maximum atomic E-state index is 12.4. The molecule has 1 aromatic rings. The summed E-state index contributed by atoms with van der Waals surface area (Å²) in [6, 6.07) is 7.75. The van der Waals surface area contributed by atoms with Crippen molar-refractivity contribution in [1.29, 1.82) is 0 Å². The molecule has 0 spiro atoms. The summed E-state index contributed by atoms with van der Waals surface area (Å²) in [4.78, 5) is 28.2. The standard InChI is InChI=1S/C18H27N3O3/c1-14(2)19-17(22)13-20-7-9-21(10-8-20)18(23)12-15-5-4-6-16(11-15)24-3/h4-6,11,14H,7-10,12-13H2,1-3H3,(H,19,22). The highest BCUT2D eigenvalue weighted by atomic mass is 16.5. The Morgan fingerprint density at radius 1 is 1.21 bits per heavy atom. The van der Waals surface area contributed by atoms with E-state index >= 15 is 0 Å². The fraction of sp³-hybridized carbons (Fsp3) is 0.556. The quantitative estimate of drug-likeness (QED) is 0.840. The molecule has 0 atom stereocenters. The Bertz CT molecular complexity index is 566. The lowest BCUT2D eigenvalue weighted by atomic mass is 10.1. The molecule has 1 saturated heterocycles. The van der Waals surface area contributed by atoms with E-state index in [2.05, 4.69) is 10.2 Å². The fourth-order valence-corrected chi connectivity index (χ4v) is 2.79. The van der Waals surface area contributed by atoms with Gasteiger partial charge < -0.3 is 15.0 Å². The molecule has 1 heterocycles. The summed E-state index contributed by atoms with van der Waals surface area (Å²) in [5, 5.41) is 2.89. The molecule has 6 nitrogen and oxygen atoms in total. The minimum absolute atomic E-state index is 0.0427. The van der Waals surface area contributed by atoms with Gasteiger partial charge in [0.1, 0.15) is 5.75 Å². The van der Waals surface area contributed by atoms with Crippen molar-refractivity contribution in [1.82, 2.24) is 15.1 Å². The molecule has 1 fully saturated rings. The van der Waals surface area contributed by atoms with Crippen molar-refractivity contribution >= 4 is 11.8 Å². The van der Waals surface area contributed by atoms with E-state index in [1.54, 1.807) is 7.11 Å². The summed E-state index contributed by atoms with van der Waals surface area (Å²) in [5.74, 6) is 0.928. The number of carbonyl (C=O) groups is 2. The number of methoxy groups -OCH3 is 1. The molecule has 1 aliphatic heterocycles. The van der Waals surface area contributed by atoms with Crippen molar-refractivity contribution in [2.24, 2.45) is 0 Å². The Balaban J connectivity index is 1.79. The molecule has 2 amide bonds. The van der Waals surface area contributed by atoms with E-state index < -0.39 is 0 Å². The number of piperazine rings is 1. The molecular formula is C18H27N3O3. The molecule has 0 unspecified atom stereocenters. The zero-order chi connectivity index (χ0) is 17.5. The van der Waals surface area contributed by atoms with Crippen LogP contribution in [0.25, 0.3) is 0 Å². The molecule has 0 aromatic heterocycles. The van der Waals surface area contributed by atoms with Gasteiger partial charge in [0, 0.05) is 32.2 Å². The van der Waals surface area contributed by atoms with E-state index in [1.807, 2.05) is 43.0 Å². The minimum atomic E-state index is 0.0427. The molecule has 6 heteroatoms. The van der Waals surface area contributed by atoms with Crippen LogP contribution in [-0.4, -0.2) is 67.5 Å². The molecule has 0 aliphatic carbocycles. The maximum absolute atomic E-state index is 12.4. The van der Waals surface area contributed by atoms with Gasteiger partial charge >= 0.3 is 0 Å². The van der Waals surface area contributed by atoms with Gasteiger partial charge in [-0.1, -0.05) is 12.1 Å². The molecule has 1 aliphatic rings. The second-order valence-electron chi connectivity index (χ2n) is 6.41. The number of benzene rings is 1.